The molecule has 1 aromatic carbocycles. The van der Waals surface area contributed by atoms with Gasteiger partial charge in [-0.1, -0.05) is 17.7 Å². The van der Waals surface area contributed by atoms with E-state index in [1.165, 1.54) is 4.90 Å². The van der Waals surface area contributed by atoms with Crippen molar-refractivity contribution in [1.82, 2.24) is 4.90 Å². The van der Waals surface area contributed by atoms with Crippen molar-refractivity contribution < 1.29 is 13.7 Å². The number of amides is 2. The molecule has 0 saturated heterocycles. The van der Waals surface area contributed by atoms with Crippen LogP contribution in [0.5, 0.6) is 0 Å². The normalized spacial score (nSPS) is 13.6. The summed E-state index contributed by atoms with van der Waals surface area (Å²) < 4.78 is 16.3. The zero-order chi connectivity index (χ0) is 16.0. The maximum Gasteiger partial charge on any atom is 0.321 e. The highest BCUT2D eigenvalue weighted by Crippen LogP contribution is 2.25. The predicted octanol–water partition coefficient (Wildman–Crippen LogP) is 2.72. The Morgan fingerprint density at radius 3 is 2.76 bits per heavy atom. The van der Waals surface area contributed by atoms with Crippen LogP contribution in [-0.4, -0.2) is 47.3 Å². The molecule has 2 amide bonds. The van der Waals surface area contributed by atoms with Crippen molar-refractivity contribution in [2.45, 2.75) is 19.6 Å². The van der Waals surface area contributed by atoms with Gasteiger partial charge in [-0.2, -0.15) is 0 Å². The first-order chi connectivity index (χ1) is 9.86. The molecule has 118 valence electrons. The standard InChI is InChI=1S/C14H21ClN2O3S/c1-10(9-21(4)19)17(2)14(18)16-13-7-5-6-12(15)11(13)8-20-3/h5-7,10H,8-9H2,1-4H3,(H,16,18)/t10-,21-/m1/s1. The summed E-state index contributed by atoms with van der Waals surface area (Å²) in [7, 11) is 2.29. The van der Waals surface area contributed by atoms with Gasteiger partial charge in [-0.3, -0.25) is 4.21 Å². The lowest BCUT2D eigenvalue weighted by Crippen LogP contribution is -2.41. The molecule has 0 unspecified atom stereocenters. The molecule has 1 rings (SSSR count). The highest BCUT2D eigenvalue weighted by atomic mass is 35.5. The van der Waals surface area contributed by atoms with Crippen LogP contribution in [-0.2, 0) is 22.1 Å². The van der Waals surface area contributed by atoms with Crippen LogP contribution in [0, 0.1) is 0 Å². The van der Waals surface area contributed by atoms with E-state index in [9.17, 15) is 9.00 Å². The number of carbonyl (C=O) groups is 1. The molecule has 1 N–H and O–H groups in total. The average Bonchev–Trinajstić information content (AvgIpc) is 2.41. The van der Waals surface area contributed by atoms with Crippen LogP contribution >= 0.6 is 11.6 Å². The van der Waals surface area contributed by atoms with Crippen LogP contribution in [0.3, 0.4) is 0 Å². The van der Waals surface area contributed by atoms with E-state index in [0.717, 1.165) is 5.56 Å². The fourth-order valence-electron chi connectivity index (χ4n) is 1.82. The second-order valence-electron chi connectivity index (χ2n) is 4.83. The van der Waals surface area contributed by atoms with E-state index in [0.29, 0.717) is 23.1 Å². The number of hydrogen-bond donors (Lipinski definition) is 1. The number of nitrogens with zero attached hydrogens (tertiary/aromatic N) is 1. The number of rotatable bonds is 6. The zero-order valence-corrected chi connectivity index (χ0v) is 14.3. The molecule has 21 heavy (non-hydrogen) atoms. The number of benzene rings is 1. The minimum Gasteiger partial charge on any atom is -0.380 e. The van der Waals surface area contributed by atoms with E-state index in [2.05, 4.69) is 5.32 Å². The molecule has 7 heteroatoms. The third-order valence-corrected chi connectivity index (χ3v) is 4.41. The van der Waals surface area contributed by atoms with Crippen LogP contribution in [0.25, 0.3) is 0 Å². The van der Waals surface area contributed by atoms with Gasteiger partial charge in [-0.05, 0) is 19.1 Å². The SMILES string of the molecule is COCc1c(Cl)cccc1NC(=O)N(C)[C@H](C)C[S@@](C)=O. The van der Waals surface area contributed by atoms with Gasteiger partial charge in [0.15, 0.2) is 0 Å². The molecule has 0 radical (unpaired) electrons. The Kier molecular flexibility index (Phi) is 7.14. The summed E-state index contributed by atoms with van der Waals surface area (Å²) in [4.78, 5) is 13.8. The number of urea groups is 1. The van der Waals surface area contributed by atoms with Gasteiger partial charge in [-0.15, -0.1) is 0 Å². The van der Waals surface area contributed by atoms with E-state index >= 15 is 0 Å². The average molecular weight is 333 g/mol. The highest BCUT2D eigenvalue weighted by Gasteiger charge is 2.18. The van der Waals surface area contributed by atoms with Crippen molar-refractivity contribution in [3.8, 4) is 0 Å². The molecule has 0 aliphatic carbocycles. The smallest absolute Gasteiger partial charge is 0.321 e. The van der Waals surface area contributed by atoms with Crippen molar-refractivity contribution in [2.75, 3.05) is 31.5 Å². The Labute approximate surface area is 133 Å². The third-order valence-electron chi connectivity index (χ3n) is 3.11. The lowest BCUT2D eigenvalue weighted by molar-refractivity contribution is 0.185. The predicted molar refractivity (Wildman–Crippen MR) is 87.3 cm³/mol. The Morgan fingerprint density at radius 2 is 2.19 bits per heavy atom. The van der Waals surface area contributed by atoms with Crippen LogP contribution in [0.15, 0.2) is 18.2 Å². The summed E-state index contributed by atoms with van der Waals surface area (Å²) >= 11 is 6.12. The molecule has 0 heterocycles. The Bertz CT molecular complexity index is 525. The Hall–Kier alpha value is -1.11. The lowest BCUT2D eigenvalue weighted by Gasteiger charge is -2.25. The van der Waals surface area contributed by atoms with Crippen molar-refractivity contribution in [1.29, 1.82) is 0 Å². The largest absolute Gasteiger partial charge is 0.380 e. The molecule has 0 aromatic heterocycles. The van der Waals surface area contributed by atoms with Gasteiger partial charge >= 0.3 is 6.03 Å². The number of ether oxygens (including phenoxy) is 1. The second kappa shape index (κ2) is 8.36. The molecule has 1 aromatic rings. The van der Waals surface area contributed by atoms with Gasteiger partial charge in [0.25, 0.3) is 0 Å². The van der Waals surface area contributed by atoms with Gasteiger partial charge in [0.2, 0.25) is 0 Å². The summed E-state index contributed by atoms with van der Waals surface area (Å²) in [6.45, 7) is 2.17. The fourth-order valence-corrected chi connectivity index (χ4v) is 2.95. The molecule has 0 aliphatic heterocycles. The molecule has 5 nitrogen and oxygen atoms in total. The second-order valence-corrected chi connectivity index (χ2v) is 6.72. The topological polar surface area (TPSA) is 58.6 Å². The third kappa shape index (κ3) is 5.30. The quantitative estimate of drug-likeness (QED) is 0.871. The Balaban J connectivity index is 2.83. The molecule has 0 aliphatic rings. The van der Waals surface area contributed by atoms with Crippen LogP contribution in [0.1, 0.15) is 12.5 Å². The molecule has 0 spiro atoms. The van der Waals surface area contributed by atoms with Crippen molar-refractivity contribution in [2.24, 2.45) is 0 Å². The zero-order valence-electron chi connectivity index (χ0n) is 12.7. The maximum absolute atomic E-state index is 12.2. The first-order valence-corrected chi connectivity index (χ1v) is 8.57. The first kappa shape index (κ1) is 17.9. The van der Waals surface area contributed by atoms with Crippen molar-refractivity contribution >= 4 is 34.1 Å². The van der Waals surface area contributed by atoms with E-state index in [1.807, 2.05) is 6.92 Å². The minimum atomic E-state index is -0.953. The van der Waals surface area contributed by atoms with Crippen LogP contribution in [0.2, 0.25) is 5.02 Å². The Morgan fingerprint density at radius 1 is 1.52 bits per heavy atom. The molecule has 2 atom stereocenters. The summed E-state index contributed by atoms with van der Waals surface area (Å²) in [5, 5.41) is 3.36. The number of hydrogen-bond acceptors (Lipinski definition) is 3. The summed E-state index contributed by atoms with van der Waals surface area (Å²) in [5.74, 6) is 0.435. The van der Waals surface area contributed by atoms with Gasteiger partial charge in [0.1, 0.15) is 0 Å². The molecule has 0 bridgehead atoms. The highest BCUT2D eigenvalue weighted by molar-refractivity contribution is 7.84. The summed E-state index contributed by atoms with van der Waals surface area (Å²) in [6, 6.07) is 4.89. The number of nitrogens with one attached hydrogen (secondary N) is 1. The van der Waals surface area contributed by atoms with E-state index in [1.54, 1.807) is 38.6 Å². The lowest BCUT2D eigenvalue weighted by atomic mass is 10.2. The maximum atomic E-state index is 12.2. The molecular weight excluding hydrogens is 312 g/mol. The monoisotopic (exact) mass is 332 g/mol. The number of methoxy groups -OCH3 is 1. The van der Waals surface area contributed by atoms with E-state index in [-0.39, 0.29) is 12.1 Å². The van der Waals surface area contributed by atoms with Crippen LogP contribution < -0.4 is 5.32 Å². The van der Waals surface area contributed by atoms with Gasteiger partial charge in [0, 0.05) is 59.3 Å². The van der Waals surface area contributed by atoms with Gasteiger partial charge in [0.05, 0.1) is 6.61 Å². The van der Waals surface area contributed by atoms with E-state index < -0.39 is 10.8 Å². The first-order valence-electron chi connectivity index (χ1n) is 6.47. The number of anilines is 1. The minimum absolute atomic E-state index is 0.124. The number of halogens is 1. The van der Waals surface area contributed by atoms with Crippen molar-refractivity contribution in [3.63, 3.8) is 0 Å². The molecular formula is C14H21ClN2O3S. The molecule has 0 fully saturated rings. The summed E-state index contributed by atoms with van der Waals surface area (Å²) in [6.07, 6.45) is 1.62. The fraction of sp³-hybridized carbons (Fsp3) is 0.500. The van der Waals surface area contributed by atoms with Gasteiger partial charge in [-0.25, -0.2) is 4.79 Å². The van der Waals surface area contributed by atoms with Crippen LogP contribution in [0.4, 0.5) is 10.5 Å². The van der Waals surface area contributed by atoms with E-state index in [4.69, 9.17) is 16.3 Å². The number of carbonyl (C=O) groups excluding carboxylic acids is 1. The molecule has 0 saturated carbocycles. The summed E-state index contributed by atoms with van der Waals surface area (Å²) in [5.41, 5.74) is 1.35. The van der Waals surface area contributed by atoms with Crippen molar-refractivity contribution in [3.05, 3.63) is 28.8 Å². The van der Waals surface area contributed by atoms with Gasteiger partial charge < -0.3 is 15.0 Å².